The lowest BCUT2D eigenvalue weighted by Gasteiger charge is -2.36. The molecule has 3 heterocycles. The molecule has 2 aromatic rings. The van der Waals surface area contributed by atoms with Crippen molar-refractivity contribution in [2.24, 2.45) is 0 Å². The summed E-state index contributed by atoms with van der Waals surface area (Å²) >= 11 is 0. The zero-order valence-electron chi connectivity index (χ0n) is 18.8. The Hall–Kier alpha value is -2.27. The van der Waals surface area contributed by atoms with Crippen LogP contribution < -0.4 is 9.80 Å². The Balaban J connectivity index is 1.36. The molecule has 1 N–H and O–H groups in total. The van der Waals surface area contributed by atoms with Crippen molar-refractivity contribution in [3.05, 3.63) is 41.5 Å². The summed E-state index contributed by atoms with van der Waals surface area (Å²) in [7, 11) is -3.51. The Labute approximate surface area is 190 Å². The number of β-amino-alcohol motifs (C(OH)–C–C–N with tert-alkyl or cyclic N) is 1. The molecule has 1 aromatic carbocycles. The van der Waals surface area contributed by atoms with Crippen molar-refractivity contribution in [3.63, 3.8) is 0 Å². The van der Waals surface area contributed by atoms with Gasteiger partial charge in [-0.25, -0.2) is 8.42 Å². The highest BCUT2D eigenvalue weighted by Gasteiger charge is 2.30. The molecule has 0 atom stereocenters. The predicted octanol–water partition coefficient (Wildman–Crippen LogP) is 0.719. The molecule has 2 aliphatic rings. The van der Waals surface area contributed by atoms with Crippen LogP contribution in [0.3, 0.4) is 0 Å². The number of aliphatic hydroxyl groups excluding tert-OH is 1. The van der Waals surface area contributed by atoms with E-state index in [0.29, 0.717) is 37.6 Å². The van der Waals surface area contributed by atoms with Gasteiger partial charge in [0.25, 0.3) is 0 Å². The summed E-state index contributed by atoms with van der Waals surface area (Å²) < 4.78 is 27.9. The summed E-state index contributed by atoms with van der Waals surface area (Å²) in [6.45, 7) is 10.2. The molecular formula is C22H32N6O3S. The van der Waals surface area contributed by atoms with E-state index in [1.807, 2.05) is 38.1 Å². The number of benzene rings is 1. The fourth-order valence-corrected chi connectivity index (χ4v) is 6.01. The second-order valence-corrected chi connectivity index (χ2v) is 10.4. The summed E-state index contributed by atoms with van der Waals surface area (Å²) in [5.74, 6) is 1.63. The van der Waals surface area contributed by atoms with Crippen LogP contribution in [0.5, 0.6) is 0 Å². The van der Waals surface area contributed by atoms with Crippen molar-refractivity contribution in [2.45, 2.75) is 18.7 Å². The van der Waals surface area contributed by atoms with E-state index >= 15 is 0 Å². The van der Waals surface area contributed by atoms with E-state index in [1.54, 1.807) is 10.4 Å². The Morgan fingerprint density at radius 1 is 0.844 bits per heavy atom. The van der Waals surface area contributed by atoms with Gasteiger partial charge in [0, 0.05) is 58.9 Å². The number of aromatic nitrogens is 2. The highest BCUT2D eigenvalue weighted by atomic mass is 32.2. The molecule has 0 bridgehead atoms. The smallest absolute Gasteiger partial charge is 0.243 e. The molecule has 10 heteroatoms. The van der Waals surface area contributed by atoms with E-state index in [0.717, 1.165) is 48.9 Å². The van der Waals surface area contributed by atoms with Crippen molar-refractivity contribution in [1.29, 1.82) is 0 Å². The normalized spacial score (nSPS) is 18.8. The molecule has 0 aliphatic carbocycles. The molecule has 9 nitrogen and oxygen atoms in total. The van der Waals surface area contributed by atoms with Crippen LogP contribution in [0.15, 0.2) is 35.2 Å². The molecule has 2 fully saturated rings. The molecule has 0 spiro atoms. The maximum absolute atomic E-state index is 13.1. The van der Waals surface area contributed by atoms with Crippen LogP contribution in [-0.4, -0.2) is 98.4 Å². The van der Waals surface area contributed by atoms with Crippen molar-refractivity contribution < 1.29 is 13.5 Å². The van der Waals surface area contributed by atoms with E-state index in [2.05, 4.69) is 24.9 Å². The Morgan fingerprint density at radius 2 is 1.41 bits per heavy atom. The maximum Gasteiger partial charge on any atom is 0.243 e. The lowest BCUT2D eigenvalue weighted by atomic mass is 10.2. The monoisotopic (exact) mass is 460 g/mol. The minimum atomic E-state index is -3.51. The highest BCUT2D eigenvalue weighted by molar-refractivity contribution is 7.89. The number of rotatable bonds is 6. The second kappa shape index (κ2) is 9.70. The molecule has 2 aliphatic heterocycles. The van der Waals surface area contributed by atoms with Gasteiger partial charge in [-0.2, -0.15) is 4.31 Å². The van der Waals surface area contributed by atoms with Gasteiger partial charge < -0.3 is 14.9 Å². The minimum absolute atomic E-state index is 0.188. The van der Waals surface area contributed by atoms with Crippen LogP contribution >= 0.6 is 0 Å². The van der Waals surface area contributed by atoms with Gasteiger partial charge in [0.2, 0.25) is 10.0 Å². The number of aliphatic hydroxyl groups is 1. The maximum atomic E-state index is 13.1. The molecule has 0 saturated carbocycles. The third-order valence-electron chi connectivity index (χ3n) is 6.27. The van der Waals surface area contributed by atoms with Crippen molar-refractivity contribution in [1.82, 2.24) is 19.4 Å². The number of piperazine rings is 2. The SMILES string of the molecule is Cc1ccc(C)c(S(=O)(=O)N2CCN(c3ccc(N4CCN(CCO)CC4)nn3)CC2)c1. The topological polar surface area (TPSA) is 93.1 Å². The van der Waals surface area contributed by atoms with E-state index in [1.165, 1.54) is 0 Å². The van der Waals surface area contributed by atoms with Gasteiger partial charge >= 0.3 is 0 Å². The number of aryl methyl sites for hydroxylation is 2. The van der Waals surface area contributed by atoms with E-state index in [-0.39, 0.29) is 6.61 Å². The van der Waals surface area contributed by atoms with Gasteiger partial charge in [0.15, 0.2) is 11.6 Å². The molecule has 0 amide bonds. The lowest BCUT2D eigenvalue weighted by Crippen LogP contribution is -2.49. The van der Waals surface area contributed by atoms with Gasteiger partial charge in [-0.05, 0) is 43.2 Å². The molecule has 4 rings (SSSR count). The average molecular weight is 461 g/mol. The first-order valence-corrected chi connectivity index (χ1v) is 12.6. The Morgan fingerprint density at radius 3 is 1.94 bits per heavy atom. The van der Waals surface area contributed by atoms with Gasteiger partial charge in [-0.15, -0.1) is 10.2 Å². The summed E-state index contributed by atoms with van der Waals surface area (Å²) in [6, 6.07) is 9.51. The number of hydrogen-bond acceptors (Lipinski definition) is 8. The first-order valence-electron chi connectivity index (χ1n) is 11.1. The Kier molecular flexibility index (Phi) is 6.94. The summed E-state index contributed by atoms with van der Waals surface area (Å²) in [4.78, 5) is 6.93. The third-order valence-corrected chi connectivity index (χ3v) is 8.31. The second-order valence-electron chi connectivity index (χ2n) is 8.46. The first-order chi connectivity index (χ1) is 15.4. The van der Waals surface area contributed by atoms with Gasteiger partial charge in [-0.3, -0.25) is 4.90 Å². The van der Waals surface area contributed by atoms with Crippen LogP contribution in [0, 0.1) is 13.8 Å². The zero-order valence-corrected chi connectivity index (χ0v) is 19.6. The number of nitrogens with zero attached hydrogens (tertiary/aromatic N) is 6. The molecule has 0 unspecified atom stereocenters. The van der Waals surface area contributed by atoms with Crippen molar-refractivity contribution in [2.75, 3.05) is 75.3 Å². The highest BCUT2D eigenvalue weighted by Crippen LogP contribution is 2.24. The first kappa shape index (κ1) is 22.9. The van der Waals surface area contributed by atoms with Crippen LogP contribution in [0.25, 0.3) is 0 Å². The fraction of sp³-hybridized carbons (Fsp3) is 0.545. The lowest BCUT2D eigenvalue weighted by molar-refractivity contribution is 0.188. The molecule has 32 heavy (non-hydrogen) atoms. The van der Waals surface area contributed by atoms with E-state index in [4.69, 9.17) is 5.11 Å². The van der Waals surface area contributed by atoms with E-state index < -0.39 is 10.0 Å². The quantitative estimate of drug-likeness (QED) is 0.674. The summed E-state index contributed by atoms with van der Waals surface area (Å²) in [6.07, 6.45) is 0. The van der Waals surface area contributed by atoms with Crippen LogP contribution in [-0.2, 0) is 10.0 Å². The zero-order chi connectivity index (χ0) is 22.7. The van der Waals surface area contributed by atoms with Crippen molar-refractivity contribution >= 4 is 21.7 Å². The predicted molar refractivity (Wildman–Crippen MR) is 125 cm³/mol. The number of sulfonamides is 1. The van der Waals surface area contributed by atoms with Crippen LogP contribution in [0.4, 0.5) is 11.6 Å². The summed E-state index contributed by atoms with van der Waals surface area (Å²) in [5, 5.41) is 17.9. The molecule has 1 aromatic heterocycles. The standard InChI is InChI=1S/C22H32N6O3S/c1-18-3-4-19(2)20(17-18)32(30,31)28-13-11-27(12-14-28)22-6-5-21(23-24-22)26-9-7-25(8-10-26)15-16-29/h3-6,17,29H,7-16H2,1-2H3. The molecule has 2 saturated heterocycles. The molecule has 174 valence electrons. The van der Waals surface area contributed by atoms with Crippen LogP contribution in [0.1, 0.15) is 11.1 Å². The minimum Gasteiger partial charge on any atom is -0.395 e. The van der Waals surface area contributed by atoms with E-state index in [9.17, 15) is 8.42 Å². The average Bonchev–Trinajstić information content (AvgIpc) is 2.81. The number of anilines is 2. The fourth-order valence-electron chi connectivity index (χ4n) is 4.28. The molecular weight excluding hydrogens is 428 g/mol. The van der Waals surface area contributed by atoms with Gasteiger partial charge in [0.05, 0.1) is 11.5 Å². The number of hydrogen-bond donors (Lipinski definition) is 1. The van der Waals surface area contributed by atoms with Gasteiger partial charge in [-0.1, -0.05) is 12.1 Å². The largest absolute Gasteiger partial charge is 0.395 e. The van der Waals surface area contributed by atoms with Gasteiger partial charge in [0.1, 0.15) is 0 Å². The van der Waals surface area contributed by atoms with Crippen molar-refractivity contribution in [3.8, 4) is 0 Å². The Bertz CT molecular complexity index is 1010. The third kappa shape index (κ3) is 4.88. The van der Waals surface area contributed by atoms with Crippen LogP contribution in [0.2, 0.25) is 0 Å². The summed E-state index contributed by atoms with van der Waals surface area (Å²) in [5.41, 5.74) is 1.72. The molecule has 0 radical (unpaired) electrons.